The lowest BCUT2D eigenvalue weighted by atomic mass is 9.96. The van der Waals surface area contributed by atoms with E-state index in [2.05, 4.69) is 91.4 Å². The zero-order valence-electron chi connectivity index (χ0n) is 79.2. The summed E-state index contributed by atoms with van der Waals surface area (Å²) >= 11 is 17.3. The lowest BCUT2D eigenvalue weighted by molar-refractivity contribution is 0.0446. The second-order valence-corrected chi connectivity index (χ2v) is 37.7. The first kappa shape index (κ1) is 106. The van der Waals surface area contributed by atoms with Crippen molar-refractivity contribution in [3.8, 4) is 11.4 Å². The highest BCUT2D eigenvalue weighted by Crippen LogP contribution is 2.30. The van der Waals surface area contributed by atoms with E-state index in [1.807, 2.05) is 47.6 Å². The predicted molar refractivity (Wildman–Crippen MR) is 537 cm³/mol. The van der Waals surface area contributed by atoms with Crippen molar-refractivity contribution in [3.05, 3.63) is 251 Å². The molecule has 1 saturated carbocycles. The molecule has 14 aromatic rings. The molecule has 3 saturated heterocycles. The van der Waals surface area contributed by atoms with Crippen LogP contribution in [0.4, 0.5) is 46.2 Å². The summed E-state index contributed by atoms with van der Waals surface area (Å²) in [6.45, 7) is 19.7. The Morgan fingerprint density at radius 1 is 0.408 bits per heavy atom. The Morgan fingerprint density at radius 2 is 0.739 bits per heavy atom. The van der Waals surface area contributed by atoms with Crippen LogP contribution >= 0.6 is 34.8 Å². The highest BCUT2D eigenvalue weighted by atomic mass is 35.5. The monoisotopic (exact) mass is 2000 g/mol. The van der Waals surface area contributed by atoms with E-state index in [9.17, 15) is 47.1 Å². The number of aromatic nitrogens is 14. The van der Waals surface area contributed by atoms with Crippen molar-refractivity contribution in [3.63, 3.8) is 0 Å². The van der Waals surface area contributed by atoms with Gasteiger partial charge in [0.15, 0.2) is 0 Å². The van der Waals surface area contributed by atoms with Gasteiger partial charge in [0.05, 0.1) is 57.4 Å². The van der Waals surface area contributed by atoms with Gasteiger partial charge in [0.25, 0.3) is 17.7 Å². The van der Waals surface area contributed by atoms with E-state index in [-0.39, 0.29) is 77.8 Å². The minimum absolute atomic E-state index is 0. The summed E-state index contributed by atoms with van der Waals surface area (Å²) in [7, 11) is 1.31. The number of hydrogen-bond donors (Lipinski definition) is 7. The van der Waals surface area contributed by atoms with E-state index in [4.69, 9.17) is 59.9 Å². The average Bonchev–Trinajstić information content (AvgIpc) is 1.05. The Bertz CT molecular complexity index is 6830. The van der Waals surface area contributed by atoms with Crippen LogP contribution in [-0.2, 0) is 18.9 Å². The van der Waals surface area contributed by atoms with Gasteiger partial charge in [-0.05, 0) is 211 Å². The van der Waals surface area contributed by atoms with Gasteiger partial charge < -0.3 is 71.1 Å². The van der Waals surface area contributed by atoms with Gasteiger partial charge in [0, 0.05) is 189 Å². The maximum absolute atomic E-state index is 14.8. The number of pyridine rings is 10. The number of halogens is 5. The molecule has 744 valence electrons. The number of piperidine rings is 3. The molecular formula is C101H112Cl3F2N23O13. The third-order valence-corrected chi connectivity index (χ3v) is 22.6. The summed E-state index contributed by atoms with van der Waals surface area (Å²) < 4.78 is 53.0. The first-order chi connectivity index (χ1) is 67.3. The van der Waals surface area contributed by atoms with E-state index < -0.39 is 52.6 Å². The molecule has 41 heteroatoms. The molecule has 15 heterocycles. The number of carbonyl (C=O) groups excluding carboxylic acids is 7. The van der Waals surface area contributed by atoms with Gasteiger partial charge in [-0.1, -0.05) is 61.5 Å². The van der Waals surface area contributed by atoms with Crippen molar-refractivity contribution in [2.24, 2.45) is 5.73 Å². The van der Waals surface area contributed by atoms with Crippen LogP contribution in [0.2, 0.25) is 15.5 Å². The fourth-order valence-electron chi connectivity index (χ4n) is 15.4. The first-order valence-corrected chi connectivity index (χ1v) is 46.8. The van der Waals surface area contributed by atoms with Gasteiger partial charge in [0.2, 0.25) is 0 Å². The predicted octanol–water partition coefficient (Wildman–Crippen LogP) is 19.0. The van der Waals surface area contributed by atoms with Crippen LogP contribution in [0.15, 0.2) is 195 Å². The minimum Gasteiger partial charge on any atom is -0.477 e. The smallest absolute Gasteiger partial charge is 0.407 e. The molecule has 4 aliphatic rings. The molecule has 0 radical (unpaired) electrons. The summed E-state index contributed by atoms with van der Waals surface area (Å²) in [6.07, 6.45) is 24.4. The van der Waals surface area contributed by atoms with Crippen LogP contribution in [0.3, 0.4) is 0 Å². The number of ether oxygens (including phenoxy) is 4. The lowest BCUT2D eigenvalue weighted by Gasteiger charge is -2.33. The maximum Gasteiger partial charge on any atom is 0.407 e. The van der Waals surface area contributed by atoms with Gasteiger partial charge in [-0.3, -0.25) is 14.4 Å². The zero-order chi connectivity index (χ0) is 101. The number of amides is 6. The number of likely N-dealkylation sites (tertiary alicyclic amines) is 3. The van der Waals surface area contributed by atoms with Crippen LogP contribution in [0.25, 0.3) is 65.9 Å². The van der Waals surface area contributed by atoms with Gasteiger partial charge in [-0.25, -0.2) is 92.0 Å². The minimum atomic E-state index is -1.06. The number of esters is 1. The Kier molecular flexibility index (Phi) is 36.1. The number of carboxylic acid groups (broad SMARTS) is 1. The largest absolute Gasteiger partial charge is 0.477 e. The summed E-state index contributed by atoms with van der Waals surface area (Å²) in [4.78, 5) is 144. The number of hydrogen-bond acceptors (Lipinski definition) is 27. The maximum atomic E-state index is 14.8. The summed E-state index contributed by atoms with van der Waals surface area (Å²) in [5.74, 6) is -2.11. The number of methoxy groups -OCH3 is 1. The second-order valence-electron chi connectivity index (χ2n) is 36.5. The number of nitrogens with one attached hydrogen (secondary N) is 5. The number of aromatic carboxylic acids is 1. The Labute approximate surface area is 833 Å². The zero-order valence-corrected chi connectivity index (χ0v) is 81.5. The molecular weight excluding hydrogens is 1890 g/mol. The third-order valence-electron chi connectivity index (χ3n) is 21.9. The summed E-state index contributed by atoms with van der Waals surface area (Å²) in [5.41, 5.74) is 10.4. The number of fused-ring (bicyclic) bond motifs is 5. The molecule has 142 heavy (non-hydrogen) atoms. The molecule has 0 spiro atoms. The number of nitrogens with zero attached hydrogens (tertiary/aromatic N) is 17. The SMILES string of the molecule is C.CC(C)(C)OC(=O)NC1CCCCC1.CC(C)(C)OC(=O)NC1CCCN(C(=O)c2ccc3cnc(Cl)cc3n2)C1.CC(C)(C)OC(=O)NC1CCCN(C(=O)c2ccc3cnc(Nc4ccc(-n5cccn5)cc4F)cc3n2)C1.COC(=O)c1ccc2cnc(Cl)cc2n1.NC1CCCN(C(=O)c2ccc3cnc(Nc4ccc(-n5cccn5)cc4F)cc3n2)C1.O=C(O)c1ccc2cnc(Cl)cc2n1. The molecule has 36 nitrogen and oxygen atoms in total. The topological polar surface area (TPSA) is 454 Å². The molecule has 1 aliphatic carbocycles. The van der Waals surface area contributed by atoms with E-state index in [0.29, 0.717) is 123 Å². The van der Waals surface area contributed by atoms with Crippen LogP contribution < -0.4 is 32.3 Å². The van der Waals surface area contributed by atoms with E-state index in [1.165, 1.54) is 50.6 Å². The number of anilines is 4. The van der Waals surface area contributed by atoms with Gasteiger partial charge in [-0.15, -0.1) is 0 Å². The highest BCUT2D eigenvalue weighted by molar-refractivity contribution is 6.30. The number of benzene rings is 2. The van der Waals surface area contributed by atoms with Crippen LogP contribution in [0.5, 0.6) is 0 Å². The fraction of sp³-hybridized carbons (Fsp3) is 0.347. The summed E-state index contributed by atoms with van der Waals surface area (Å²) in [5, 5.41) is 36.4. The molecule has 3 aliphatic heterocycles. The number of carboxylic acids is 1. The Morgan fingerprint density at radius 3 is 1.09 bits per heavy atom. The van der Waals surface area contributed by atoms with Crippen molar-refractivity contribution >= 4 is 160 Å². The van der Waals surface area contributed by atoms with E-state index in [1.54, 1.807) is 210 Å². The fourth-order valence-corrected chi connectivity index (χ4v) is 15.8. The van der Waals surface area contributed by atoms with Gasteiger partial charge in [0.1, 0.15) is 84.0 Å². The second kappa shape index (κ2) is 48.3. The molecule has 3 atom stereocenters. The molecule has 4 fully saturated rings. The van der Waals surface area contributed by atoms with Crippen molar-refractivity contribution < 1.29 is 71.2 Å². The molecule has 12 aromatic heterocycles. The van der Waals surface area contributed by atoms with Gasteiger partial charge >= 0.3 is 30.2 Å². The molecule has 18 rings (SSSR count). The molecule has 6 amide bonds. The third kappa shape index (κ3) is 30.8. The van der Waals surface area contributed by atoms with Crippen LogP contribution in [0, 0.1) is 11.6 Å². The normalized spacial score (nSPS) is 15.3. The van der Waals surface area contributed by atoms with Crippen molar-refractivity contribution in [1.29, 1.82) is 0 Å². The van der Waals surface area contributed by atoms with Crippen LogP contribution in [-0.4, -0.2) is 224 Å². The van der Waals surface area contributed by atoms with Crippen molar-refractivity contribution in [2.75, 3.05) is 57.0 Å². The van der Waals surface area contributed by atoms with E-state index in [0.717, 1.165) is 78.3 Å². The van der Waals surface area contributed by atoms with Crippen LogP contribution in [0.1, 0.15) is 193 Å². The quantitative estimate of drug-likeness (QED) is 0.0302. The molecule has 8 N–H and O–H groups in total. The summed E-state index contributed by atoms with van der Waals surface area (Å²) in [6, 6.07) is 38.1. The van der Waals surface area contributed by atoms with E-state index >= 15 is 0 Å². The highest BCUT2D eigenvalue weighted by Gasteiger charge is 2.32. The number of nitrogens with two attached hydrogens (primary N) is 1. The number of alkyl carbamates (subject to hydrolysis) is 3. The van der Waals surface area contributed by atoms with Crippen molar-refractivity contribution in [1.82, 2.24) is 100 Å². The lowest BCUT2D eigenvalue weighted by Crippen LogP contribution is -2.50. The Balaban J connectivity index is 0.000000159. The average molecular weight is 2000 g/mol. The molecule has 2 aromatic carbocycles. The van der Waals surface area contributed by atoms with Gasteiger partial charge in [-0.2, -0.15) is 10.2 Å². The standard InChI is InChI=1S/C28H30FN7O3.C23H22FN7O.C19H23ClN4O3.C11H21NO2.C10H7ClN2O2.C9H5ClN2O2.CH4/c1-28(2,3)39-27(38)32-19-6-4-12-35(17-19)26(37)23-9-7-18-16-30-25(15-24(18)33-23)34-22-10-8-20(14-21(22)29)36-13-5-11-31-36;24-18-11-17(31-10-2-8-27-31)5-7-19(18)29-22-12-21-15(13-26-22)4-6-20(28-21)23(32)30-9-1-3-16(25)14-30;1-19(2,3)27-18(26)22-13-5-4-8-24(11-13)17(25)14-7-6-12-10-21-16(20)9-15(12)23-14;1-11(2,3)14-10(13)12-9-7-5-4-6-8-9;1-15-10(14)7-3-2-6-5-12-9(11)4-8(6)13-7;10-8-3-7-5(4-11-8)1-2-6(12-7)9(13)14;/h5,7-11,13-16,19H,4,6,12,17H2,1-3H3,(H,30,34)(H,32,38);2,4-8,10-13,16H,1,3,9,14,25H2,(H,26,29);6-7,9-10,13H,4-5,8,11H2,1-3H3,(H,22,26);9H,4-8H2,1-3H3,(H,12,13);2-5H,1H3;1-4H,(H,13,14);1H4. The van der Waals surface area contributed by atoms with Crippen molar-refractivity contribution in [2.45, 2.75) is 181 Å². The molecule has 0 bridgehead atoms. The Hall–Kier alpha value is -14.9. The molecule has 3 unspecified atom stereocenters. The first-order valence-electron chi connectivity index (χ1n) is 45.6. The number of carbonyl (C=O) groups is 8. The number of rotatable bonds is 14.